The zero-order chi connectivity index (χ0) is 18.9. The molecule has 27 heavy (non-hydrogen) atoms. The highest BCUT2D eigenvalue weighted by atomic mass is 16.5. The number of carbonyl (C=O) groups excluding carboxylic acids is 1. The van der Waals surface area contributed by atoms with Crippen LogP contribution in [0.1, 0.15) is 21.5 Å². The van der Waals surface area contributed by atoms with Crippen molar-refractivity contribution in [3.8, 4) is 11.5 Å². The lowest BCUT2D eigenvalue weighted by atomic mass is 10.2. The summed E-state index contributed by atoms with van der Waals surface area (Å²) < 4.78 is 16.4. The molecule has 0 bridgehead atoms. The molecule has 0 saturated carbocycles. The van der Waals surface area contributed by atoms with Gasteiger partial charge in [0.25, 0.3) is 0 Å². The van der Waals surface area contributed by atoms with Gasteiger partial charge in [-0.05, 0) is 35.9 Å². The van der Waals surface area contributed by atoms with Crippen LogP contribution in [-0.4, -0.2) is 29.7 Å². The maximum Gasteiger partial charge on any atom is 0.338 e. The Morgan fingerprint density at radius 1 is 0.926 bits per heavy atom. The van der Waals surface area contributed by atoms with Gasteiger partial charge in [-0.15, -0.1) is 0 Å². The lowest BCUT2D eigenvalue weighted by Crippen LogP contribution is -2.06. The van der Waals surface area contributed by atoms with Crippen molar-refractivity contribution in [2.24, 2.45) is 0 Å². The molecule has 6 heteroatoms. The van der Waals surface area contributed by atoms with E-state index >= 15 is 0 Å². The summed E-state index contributed by atoms with van der Waals surface area (Å²) in [6.45, 7) is 0.811. The van der Waals surface area contributed by atoms with Crippen molar-refractivity contribution in [1.82, 2.24) is 9.97 Å². The molecule has 0 saturated heterocycles. The molecule has 0 radical (unpaired) electrons. The first-order valence-electron chi connectivity index (χ1n) is 8.51. The normalized spacial score (nSPS) is 10.3. The van der Waals surface area contributed by atoms with Gasteiger partial charge in [0, 0.05) is 42.8 Å². The van der Waals surface area contributed by atoms with E-state index in [0.29, 0.717) is 30.3 Å². The molecule has 0 fully saturated rings. The molecule has 0 aliphatic carbocycles. The topological polar surface area (TPSA) is 70.5 Å². The van der Waals surface area contributed by atoms with E-state index in [9.17, 15) is 4.79 Å². The zero-order valence-corrected chi connectivity index (χ0v) is 15.0. The smallest absolute Gasteiger partial charge is 0.338 e. The Labute approximate surface area is 157 Å². The first kappa shape index (κ1) is 18.4. The predicted octanol–water partition coefficient (Wildman–Crippen LogP) is 3.46. The van der Waals surface area contributed by atoms with Crippen LogP contribution < -0.4 is 9.47 Å². The van der Waals surface area contributed by atoms with Crippen LogP contribution in [0.3, 0.4) is 0 Å². The molecule has 3 aromatic rings. The van der Waals surface area contributed by atoms with Crippen LogP contribution in [0.4, 0.5) is 0 Å². The van der Waals surface area contributed by atoms with Crippen molar-refractivity contribution in [2.75, 3.05) is 13.7 Å². The standard InChI is InChI=1S/C21H20N2O4/c1-25-21(24)18-11-19(26-10-6-16-4-8-22-9-5-16)13-20(12-18)27-15-17-3-2-7-23-14-17/h2-5,7-9,11-14H,6,10,15H2,1H3. The van der Waals surface area contributed by atoms with Crippen molar-refractivity contribution in [2.45, 2.75) is 13.0 Å². The average Bonchev–Trinajstić information content (AvgIpc) is 2.73. The Bertz CT molecular complexity index is 870. The van der Waals surface area contributed by atoms with Crippen molar-refractivity contribution >= 4 is 5.97 Å². The van der Waals surface area contributed by atoms with Gasteiger partial charge in [0.15, 0.2) is 0 Å². The van der Waals surface area contributed by atoms with E-state index in [1.807, 2.05) is 24.3 Å². The van der Waals surface area contributed by atoms with Crippen LogP contribution in [0.2, 0.25) is 0 Å². The highest BCUT2D eigenvalue weighted by molar-refractivity contribution is 5.90. The minimum absolute atomic E-state index is 0.342. The van der Waals surface area contributed by atoms with Crippen LogP contribution in [0, 0.1) is 0 Å². The van der Waals surface area contributed by atoms with Gasteiger partial charge in [-0.2, -0.15) is 0 Å². The Kier molecular flexibility index (Phi) is 6.35. The Balaban J connectivity index is 1.69. The number of methoxy groups -OCH3 is 1. The number of ether oxygens (including phenoxy) is 3. The number of esters is 1. The van der Waals surface area contributed by atoms with Crippen LogP contribution in [0.15, 0.2) is 67.3 Å². The molecule has 1 aromatic carbocycles. The molecular formula is C21H20N2O4. The summed E-state index contributed by atoms with van der Waals surface area (Å²) in [7, 11) is 1.34. The number of pyridine rings is 2. The van der Waals surface area contributed by atoms with Gasteiger partial charge < -0.3 is 14.2 Å². The number of benzene rings is 1. The third kappa shape index (κ3) is 5.54. The lowest BCUT2D eigenvalue weighted by Gasteiger charge is -2.12. The van der Waals surface area contributed by atoms with Crippen molar-refractivity contribution in [3.63, 3.8) is 0 Å². The highest BCUT2D eigenvalue weighted by Crippen LogP contribution is 2.24. The largest absolute Gasteiger partial charge is 0.493 e. The molecule has 0 spiro atoms. The third-order valence-electron chi connectivity index (χ3n) is 3.84. The molecule has 0 atom stereocenters. The Hall–Kier alpha value is -3.41. The second-order valence-corrected chi connectivity index (χ2v) is 5.79. The quantitative estimate of drug-likeness (QED) is 0.570. The molecule has 2 heterocycles. The number of carbonyl (C=O) groups is 1. The molecule has 138 valence electrons. The van der Waals surface area contributed by atoms with E-state index in [-0.39, 0.29) is 0 Å². The number of hydrogen-bond acceptors (Lipinski definition) is 6. The molecule has 6 nitrogen and oxygen atoms in total. The van der Waals surface area contributed by atoms with Crippen LogP contribution in [0.5, 0.6) is 11.5 Å². The molecule has 0 aliphatic heterocycles. The summed E-state index contributed by atoms with van der Waals surface area (Å²) in [5.41, 5.74) is 2.43. The van der Waals surface area contributed by atoms with Crippen molar-refractivity contribution < 1.29 is 19.0 Å². The van der Waals surface area contributed by atoms with Gasteiger partial charge in [-0.25, -0.2) is 4.79 Å². The van der Waals surface area contributed by atoms with E-state index in [4.69, 9.17) is 14.2 Å². The first-order chi connectivity index (χ1) is 13.2. The van der Waals surface area contributed by atoms with Gasteiger partial charge in [0.05, 0.1) is 19.3 Å². The van der Waals surface area contributed by atoms with Gasteiger partial charge in [-0.1, -0.05) is 6.07 Å². The van der Waals surface area contributed by atoms with Gasteiger partial charge >= 0.3 is 5.97 Å². The van der Waals surface area contributed by atoms with E-state index in [2.05, 4.69) is 9.97 Å². The zero-order valence-electron chi connectivity index (χ0n) is 15.0. The fraction of sp³-hybridized carbons (Fsp3) is 0.190. The minimum Gasteiger partial charge on any atom is -0.493 e. The van der Waals surface area contributed by atoms with Crippen molar-refractivity contribution in [1.29, 1.82) is 0 Å². The predicted molar refractivity (Wildman–Crippen MR) is 99.8 cm³/mol. The van der Waals surface area contributed by atoms with E-state index in [1.165, 1.54) is 7.11 Å². The Morgan fingerprint density at radius 2 is 1.70 bits per heavy atom. The highest BCUT2D eigenvalue weighted by Gasteiger charge is 2.11. The second-order valence-electron chi connectivity index (χ2n) is 5.79. The van der Waals surface area contributed by atoms with Crippen LogP contribution in [0.25, 0.3) is 0 Å². The molecule has 0 unspecified atom stereocenters. The lowest BCUT2D eigenvalue weighted by molar-refractivity contribution is 0.0599. The molecule has 0 N–H and O–H groups in total. The SMILES string of the molecule is COC(=O)c1cc(OCCc2ccncc2)cc(OCc2cccnc2)c1. The van der Waals surface area contributed by atoms with Crippen molar-refractivity contribution in [3.05, 3.63) is 83.9 Å². The number of aromatic nitrogens is 2. The maximum atomic E-state index is 11.9. The number of rotatable bonds is 8. The van der Waals surface area contributed by atoms with Gasteiger partial charge in [-0.3, -0.25) is 9.97 Å². The summed E-state index contributed by atoms with van der Waals surface area (Å²) in [5, 5.41) is 0. The summed E-state index contributed by atoms with van der Waals surface area (Å²) in [6, 6.07) is 12.7. The van der Waals surface area contributed by atoms with Gasteiger partial charge in [0.2, 0.25) is 0 Å². The fourth-order valence-electron chi connectivity index (χ4n) is 2.46. The van der Waals surface area contributed by atoms with E-state index < -0.39 is 5.97 Å². The maximum absolute atomic E-state index is 11.9. The number of nitrogens with zero attached hydrogens (tertiary/aromatic N) is 2. The summed E-state index contributed by atoms with van der Waals surface area (Å²) in [5.74, 6) is 0.634. The van der Waals surface area contributed by atoms with Gasteiger partial charge in [0.1, 0.15) is 18.1 Å². The first-order valence-corrected chi connectivity index (χ1v) is 8.51. The van der Waals surface area contributed by atoms with E-state index in [1.54, 1.807) is 43.0 Å². The molecule has 2 aromatic heterocycles. The third-order valence-corrected chi connectivity index (χ3v) is 3.84. The van der Waals surface area contributed by atoms with E-state index in [0.717, 1.165) is 17.5 Å². The second kappa shape index (κ2) is 9.33. The van der Waals surface area contributed by atoms with Crippen LogP contribution >= 0.6 is 0 Å². The molecule has 3 rings (SSSR count). The summed E-state index contributed by atoms with van der Waals surface area (Å²) in [4.78, 5) is 20.0. The molecule has 0 aliphatic rings. The molecule has 0 amide bonds. The molecular weight excluding hydrogens is 344 g/mol. The Morgan fingerprint density at radius 3 is 2.41 bits per heavy atom. The minimum atomic E-state index is -0.444. The monoisotopic (exact) mass is 364 g/mol. The average molecular weight is 364 g/mol. The fourth-order valence-corrected chi connectivity index (χ4v) is 2.46. The summed E-state index contributed by atoms with van der Waals surface area (Å²) in [6.07, 6.45) is 7.67. The van der Waals surface area contributed by atoms with Crippen LogP contribution in [-0.2, 0) is 17.8 Å². The number of hydrogen-bond donors (Lipinski definition) is 0. The summed E-state index contributed by atoms with van der Waals surface area (Å²) >= 11 is 0.